The molecule has 2 fully saturated rings. The Hall–Kier alpha value is -1.10. The molecular formula is C17H28O5. The number of aliphatic hydroxyl groups is 1. The lowest BCUT2D eigenvalue weighted by Gasteiger charge is -2.14. The van der Waals surface area contributed by atoms with Gasteiger partial charge < -0.3 is 14.9 Å². The molecule has 0 saturated heterocycles. The van der Waals surface area contributed by atoms with Crippen LogP contribution < -0.4 is 0 Å². The third kappa shape index (κ3) is 4.97. The molecule has 2 rings (SSSR count). The third-order valence-corrected chi connectivity index (χ3v) is 5.28. The Morgan fingerprint density at radius 1 is 1.05 bits per heavy atom. The molecule has 0 aromatic carbocycles. The molecule has 1 atom stereocenters. The summed E-state index contributed by atoms with van der Waals surface area (Å²) in [6.45, 7) is 0.547. The highest BCUT2D eigenvalue weighted by Crippen LogP contribution is 2.50. The summed E-state index contributed by atoms with van der Waals surface area (Å²) in [6, 6.07) is 0. The maximum Gasteiger partial charge on any atom is 0.309 e. The molecule has 0 aromatic heterocycles. The number of hydrogen-bond acceptors (Lipinski definition) is 4. The van der Waals surface area contributed by atoms with Gasteiger partial charge in [0.2, 0.25) is 0 Å². The van der Waals surface area contributed by atoms with Gasteiger partial charge in [0.15, 0.2) is 0 Å². The monoisotopic (exact) mass is 312 g/mol. The second-order valence-electron chi connectivity index (χ2n) is 7.13. The summed E-state index contributed by atoms with van der Waals surface area (Å²) in [5, 5.41) is 19.0. The standard InChI is InChI=1S/C17H28O5/c18-13-22-17(11-12-17)8-4-2-6-14(19)5-1-3-7-16(9-10-16)15(20)21/h13-14,19H,1-12H2,(H,20,21). The van der Waals surface area contributed by atoms with Crippen LogP contribution in [0.1, 0.15) is 77.0 Å². The van der Waals surface area contributed by atoms with Gasteiger partial charge in [0, 0.05) is 0 Å². The summed E-state index contributed by atoms with van der Waals surface area (Å²) < 4.78 is 5.09. The summed E-state index contributed by atoms with van der Waals surface area (Å²) >= 11 is 0. The first-order chi connectivity index (χ1) is 10.5. The quantitative estimate of drug-likeness (QED) is 0.403. The summed E-state index contributed by atoms with van der Waals surface area (Å²) in [6.07, 6.45) is 10.2. The average Bonchev–Trinajstić information content (AvgIpc) is 3.37. The van der Waals surface area contributed by atoms with Crippen LogP contribution >= 0.6 is 0 Å². The molecular weight excluding hydrogens is 284 g/mol. The van der Waals surface area contributed by atoms with Crippen molar-refractivity contribution in [3.05, 3.63) is 0 Å². The SMILES string of the molecule is O=COC1(CCCCC(O)CCCCC2(C(=O)O)CC2)CC1. The highest BCUT2D eigenvalue weighted by atomic mass is 16.5. The first-order valence-electron chi connectivity index (χ1n) is 8.55. The minimum absolute atomic E-state index is 0.178. The van der Waals surface area contributed by atoms with E-state index in [2.05, 4.69) is 0 Å². The van der Waals surface area contributed by atoms with Gasteiger partial charge >= 0.3 is 5.97 Å². The van der Waals surface area contributed by atoms with Crippen LogP contribution in [-0.4, -0.2) is 34.4 Å². The molecule has 0 heterocycles. The molecule has 22 heavy (non-hydrogen) atoms. The zero-order valence-corrected chi connectivity index (χ0v) is 13.3. The van der Waals surface area contributed by atoms with E-state index in [0.29, 0.717) is 6.47 Å². The summed E-state index contributed by atoms with van der Waals surface area (Å²) in [4.78, 5) is 21.4. The van der Waals surface area contributed by atoms with Gasteiger partial charge in [-0.25, -0.2) is 0 Å². The number of rotatable bonds is 13. The zero-order valence-electron chi connectivity index (χ0n) is 13.3. The molecule has 2 saturated carbocycles. The maximum absolute atomic E-state index is 11.0. The van der Waals surface area contributed by atoms with E-state index >= 15 is 0 Å². The largest absolute Gasteiger partial charge is 0.481 e. The van der Waals surface area contributed by atoms with Gasteiger partial charge in [-0.05, 0) is 57.8 Å². The van der Waals surface area contributed by atoms with Crippen LogP contribution in [0.15, 0.2) is 0 Å². The van der Waals surface area contributed by atoms with Crippen molar-refractivity contribution in [3.63, 3.8) is 0 Å². The Morgan fingerprint density at radius 3 is 2.09 bits per heavy atom. The number of carbonyl (C=O) groups is 2. The molecule has 0 aromatic rings. The molecule has 126 valence electrons. The van der Waals surface area contributed by atoms with Gasteiger partial charge in [-0.2, -0.15) is 0 Å². The van der Waals surface area contributed by atoms with Gasteiger partial charge in [-0.15, -0.1) is 0 Å². The molecule has 2 N–H and O–H groups in total. The van der Waals surface area contributed by atoms with E-state index in [4.69, 9.17) is 9.84 Å². The number of aliphatic hydroxyl groups excluding tert-OH is 1. The van der Waals surface area contributed by atoms with Crippen molar-refractivity contribution >= 4 is 12.4 Å². The lowest BCUT2D eigenvalue weighted by Crippen LogP contribution is -2.15. The minimum Gasteiger partial charge on any atom is -0.481 e. The molecule has 0 spiro atoms. The van der Waals surface area contributed by atoms with Gasteiger partial charge in [-0.1, -0.05) is 19.3 Å². The van der Waals surface area contributed by atoms with Crippen LogP contribution in [0.5, 0.6) is 0 Å². The first kappa shape index (κ1) is 17.3. The van der Waals surface area contributed by atoms with Gasteiger partial charge in [0.1, 0.15) is 5.60 Å². The highest BCUT2D eigenvalue weighted by molar-refractivity contribution is 5.77. The van der Waals surface area contributed by atoms with Crippen molar-refractivity contribution in [1.29, 1.82) is 0 Å². The number of unbranched alkanes of at least 4 members (excludes halogenated alkanes) is 2. The van der Waals surface area contributed by atoms with E-state index in [1.165, 1.54) is 0 Å². The Bertz CT molecular complexity index is 385. The van der Waals surface area contributed by atoms with Crippen LogP contribution in [0, 0.1) is 5.41 Å². The predicted molar refractivity (Wildman–Crippen MR) is 81.4 cm³/mol. The second kappa shape index (κ2) is 7.44. The lowest BCUT2D eigenvalue weighted by molar-refractivity contribution is -0.143. The van der Waals surface area contributed by atoms with Gasteiger partial charge in [0.05, 0.1) is 11.5 Å². The number of carboxylic acids is 1. The van der Waals surface area contributed by atoms with E-state index in [-0.39, 0.29) is 11.7 Å². The van der Waals surface area contributed by atoms with Crippen LogP contribution in [0.2, 0.25) is 0 Å². The fourth-order valence-electron chi connectivity index (χ4n) is 3.20. The maximum atomic E-state index is 11.0. The summed E-state index contributed by atoms with van der Waals surface area (Å²) in [5.41, 5.74) is -0.607. The summed E-state index contributed by atoms with van der Waals surface area (Å²) in [7, 11) is 0. The van der Waals surface area contributed by atoms with E-state index in [9.17, 15) is 14.7 Å². The number of hydrogen-bond donors (Lipinski definition) is 2. The number of carbonyl (C=O) groups excluding carboxylic acids is 1. The topological polar surface area (TPSA) is 83.8 Å². The van der Waals surface area contributed by atoms with Crippen molar-refractivity contribution in [2.24, 2.45) is 5.41 Å². The van der Waals surface area contributed by atoms with Crippen LogP contribution in [0.25, 0.3) is 0 Å². The highest BCUT2D eigenvalue weighted by Gasteiger charge is 2.49. The Morgan fingerprint density at radius 2 is 1.64 bits per heavy atom. The second-order valence-corrected chi connectivity index (χ2v) is 7.13. The van der Waals surface area contributed by atoms with Crippen LogP contribution in [-0.2, 0) is 14.3 Å². The average molecular weight is 312 g/mol. The molecule has 2 aliphatic rings. The Balaban J connectivity index is 1.45. The van der Waals surface area contributed by atoms with Gasteiger partial charge in [-0.3, -0.25) is 9.59 Å². The van der Waals surface area contributed by atoms with E-state index < -0.39 is 11.4 Å². The van der Waals surface area contributed by atoms with Crippen molar-refractivity contribution in [2.75, 3.05) is 0 Å². The van der Waals surface area contributed by atoms with E-state index in [1.54, 1.807) is 0 Å². The molecule has 0 bridgehead atoms. The molecule has 2 aliphatic carbocycles. The van der Waals surface area contributed by atoms with E-state index in [0.717, 1.165) is 77.0 Å². The van der Waals surface area contributed by atoms with Crippen LogP contribution in [0.3, 0.4) is 0 Å². The lowest BCUT2D eigenvalue weighted by atomic mass is 9.96. The smallest absolute Gasteiger partial charge is 0.309 e. The number of ether oxygens (including phenoxy) is 1. The van der Waals surface area contributed by atoms with Crippen molar-refractivity contribution in [3.8, 4) is 0 Å². The van der Waals surface area contributed by atoms with Crippen molar-refractivity contribution in [1.82, 2.24) is 0 Å². The molecule has 5 heteroatoms. The number of aliphatic carboxylic acids is 1. The Labute approximate surface area is 132 Å². The first-order valence-corrected chi connectivity index (χ1v) is 8.55. The van der Waals surface area contributed by atoms with Crippen molar-refractivity contribution in [2.45, 2.75) is 88.8 Å². The van der Waals surface area contributed by atoms with Gasteiger partial charge in [0.25, 0.3) is 6.47 Å². The van der Waals surface area contributed by atoms with Crippen molar-refractivity contribution < 1.29 is 24.5 Å². The minimum atomic E-state index is -0.653. The summed E-state index contributed by atoms with van der Waals surface area (Å²) in [5.74, 6) is -0.653. The Kier molecular flexibility index (Phi) is 5.84. The normalized spacial score (nSPS) is 21.9. The number of carboxylic acid groups (broad SMARTS) is 1. The molecule has 1 unspecified atom stereocenters. The molecule has 0 aliphatic heterocycles. The molecule has 0 radical (unpaired) electrons. The third-order valence-electron chi connectivity index (χ3n) is 5.28. The van der Waals surface area contributed by atoms with E-state index in [1.807, 2.05) is 0 Å². The molecule has 5 nitrogen and oxygen atoms in total. The zero-order chi connectivity index (χ0) is 16.1. The predicted octanol–water partition coefficient (Wildman–Crippen LogP) is 3.04. The fraction of sp³-hybridized carbons (Fsp3) is 0.882. The fourth-order valence-corrected chi connectivity index (χ4v) is 3.20. The molecule has 0 amide bonds. The van der Waals surface area contributed by atoms with Crippen LogP contribution in [0.4, 0.5) is 0 Å².